The smallest absolute Gasteiger partial charge is 0.0840 e. The van der Waals surface area contributed by atoms with Crippen LogP contribution in [0.3, 0.4) is 0 Å². The minimum Gasteiger partial charge on any atom is -0.256 e. The quantitative estimate of drug-likeness (QED) is 0.229. The maximum atomic E-state index is 8.71. The standard InChI is InChI=1S/C35H37N/c1-21-11-12-25-23(15-21)16-30-29(31(25)20-35(5,6)7)18-24-17-28-22(19-34(2,3)4)9-8-10-26(28)27-13-14-36-33(30)32(24)27/h8-17H,18-20H2,1-7H3/i14D. The van der Waals surface area contributed by atoms with Gasteiger partial charge < -0.3 is 0 Å². The highest BCUT2D eigenvalue weighted by Crippen LogP contribution is 2.46. The van der Waals surface area contributed by atoms with Crippen LogP contribution in [0.25, 0.3) is 43.6 Å². The lowest BCUT2D eigenvalue weighted by Crippen LogP contribution is -2.14. The molecule has 0 amide bonds. The number of nitrogens with zero attached hydrogens (tertiary/aromatic N) is 1. The van der Waals surface area contributed by atoms with Gasteiger partial charge in [-0.25, -0.2) is 0 Å². The Balaban J connectivity index is 1.73. The topological polar surface area (TPSA) is 12.9 Å². The molecule has 36 heavy (non-hydrogen) atoms. The molecule has 0 saturated heterocycles. The summed E-state index contributed by atoms with van der Waals surface area (Å²) in [5, 5.41) is 7.61. The molecule has 0 fully saturated rings. The number of pyridine rings is 1. The van der Waals surface area contributed by atoms with Crippen molar-refractivity contribution in [3.63, 3.8) is 0 Å². The van der Waals surface area contributed by atoms with Gasteiger partial charge in [0.15, 0.2) is 0 Å². The second kappa shape index (κ2) is 7.90. The predicted molar refractivity (Wildman–Crippen MR) is 156 cm³/mol. The van der Waals surface area contributed by atoms with Gasteiger partial charge in [-0.2, -0.15) is 0 Å². The maximum absolute atomic E-state index is 8.71. The second-order valence-electron chi connectivity index (χ2n) is 13.3. The first-order valence-electron chi connectivity index (χ1n) is 13.8. The van der Waals surface area contributed by atoms with Crippen molar-refractivity contribution >= 4 is 32.3 Å². The van der Waals surface area contributed by atoms with Crippen LogP contribution in [-0.4, -0.2) is 4.98 Å². The Bertz CT molecular complexity index is 1730. The van der Waals surface area contributed by atoms with Gasteiger partial charge in [-0.3, -0.25) is 4.98 Å². The SMILES string of the molecule is [2H]c1cc2c3c(cc4c(CC(C)(C)C)cccc42)Cc2c(cc4cc(C)ccc4c2CC(C)(C)C)-c3n1. The molecule has 0 N–H and O–H groups in total. The van der Waals surface area contributed by atoms with E-state index in [4.69, 9.17) is 6.35 Å². The molecule has 0 aliphatic heterocycles. The third-order valence-corrected chi connectivity index (χ3v) is 7.59. The number of aryl methyl sites for hydroxylation is 1. The van der Waals surface area contributed by atoms with Crippen LogP contribution in [0.2, 0.25) is 0 Å². The van der Waals surface area contributed by atoms with Crippen molar-refractivity contribution in [2.45, 2.75) is 67.7 Å². The first-order chi connectivity index (χ1) is 17.4. The van der Waals surface area contributed by atoms with E-state index < -0.39 is 0 Å². The van der Waals surface area contributed by atoms with Crippen LogP contribution in [0.4, 0.5) is 0 Å². The third-order valence-electron chi connectivity index (χ3n) is 7.59. The second-order valence-corrected chi connectivity index (χ2v) is 13.3. The van der Waals surface area contributed by atoms with Gasteiger partial charge in [-0.1, -0.05) is 83.5 Å². The summed E-state index contributed by atoms with van der Waals surface area (Å²) < 4.78 is 8.71. The average molecular weight is 473 g/mol. The molecule has 182 valence electrons. The normalized spacial score (nSPS) is 13.9. The van der Waals surface area contributed by atoms with Crippen LogP contribution in [0.1, 0.15) is 70.7 Å². The van der Waals surface area contributed by atoms with E-state index in [2.05, 4.69) is 97.0 Å². The molecular formula is C35H37N. The van der Waals surface area contributed by atoms with Crippen LogP contribution < -0.4 is 0 Å². The Morgan fingerprint density at radius 3 is 2.33 bits per heavy atom. The van der Waals surface area contributed by atoms with Gasteiger partial charge in [0.2, 0.25) is 0 Å². The van der Waals surface area contributed by atoms with Gasteiger partial charge in [0.05, 0.1) is 7.06 Å². The Morgan fingerprint density at radius 2 is 1.58 bits per heavy atom. The molecule has 1 aromatic heterocycles. The number of rotatable bonds is 2. The predicted octanol–water partition coefficient (Wildman–Crippen LogP) is 9.60. The highest BCUT2D eigenvalue weighted by molar-refractivity contribution is 6.15. The molecule has 1 aliphatic carbocycles. The number of benzene rings is 4. The summed E-state index contributed by atoms with van der Waals surface area (Å²) in [4.78, 5) is 4.90. The molecule has 0 spiro atoms. The third kappa shape index (κ3) is 3.90. The van der Waals surface area contributed by atoms with Crippen molar-refractivity contribution in [2.75, 3.05) is 0 Å². The minimum absolute atomic E-state index is 0.163. The molecule has 1 heterocycles. The van der Waals surface area contributed by atoms with Gasteiger partial charge in [-0.15, -0.1) is 0 Å². The molecule has 0 bridgehead atoms. The first kappa shape index (κ1) is 22.0. The number of hydrogen-bond donors (Lipinski definition) is 0. The highest BCUT2D eigenvalue weighted by atomic mass is 14.7. The largest absolute Gasteiger partial charge is 0.256 e. The Labute approximate surface area is 217 Å². The van der Waals surface area contributed by atoms with E-state index >= 15 is 0 Å². The zero-order valence-electron chi connectivity index (χ0n) is 23.8. The van der Waals surface area contributed by atoms with Gasteiger partial charge >= 0.3 is 0 Å². The average Bonchev–Trinajstić information content (AvgIpc) is 2.78. The van der Waals surface area contributed by atoms with Crippen molar-refractivity contribution in [1.82, 2.24) is 4.98 Å². The van der Waals surface area contributed by atoms with Crippen molar-refractivity contribution in [2.24, 2.45) is 10.8 Å². The fourth-order valence-corrected chi connectivity index (χ4v) is 6.26. The van der Waals surface area contributed by atoms with Crippen LogP contribution in [0.5, 0.6) is 0 Å². The molecule has 0 atom stereocenters. The summed E-state index contributed by atoms with van der Waals surface area (Å²) in [6.07, 6.45) is 3.29. The molecule has 0 radical (unpaired) electrons. The molecule has 5 aromatic rings. The molecule has 1 heteroatoms. The minimum atomic E-state index is 0.163. The van der Waals surface area contributed by atoms with Gasteiger partial charge in [0.25, 0.3) is 0 Å². The van der Waals surface area contributed by atoms with E-state index in [0.29, 0.717) is 6.17 Å². The molecule has 1 aliphatic rings. The van der Waals surface area contributed by atoms with Gasteiger partial charge in [-0.05, 0) is 104 Å². The molecule has 6 rings (SSSR count). The van der Waals surface area contributed by atoms with Crippen LogP contribution in [-0.2, 0) is 19.3 Å². The Morgan fingerprint density at radius 1 is 0.806 bits per heavy atom. The van der Waals surface area contributed by atoms with E-state index in [-0.39, 0.29) is 10.8 Å². The summed E-state index contributed by atoms with van der Waals surface area (Å²) >= 11 is 0. The Kier molecular flexibility index (Phi) is 4.84. The number of aromatic nitrogens is 1. The highest BCUT2D eigenvalue weighted by Gasteiger charge is 2.27. The van der Waals surface area contributed by atoms with Gasteiger partial charge in [0, 0.05) is 17.1 Å². The van der Waals surface area contributed by atoms with Crippen molar-refractivity contribution < 1.29 is 1.37 Å². The zero-order valence-corrected chi connectivity index (χ0v) is 22.8. The van der Waals surface area contributed by atoms with Gasteiger partial charge in [0.1, 0.15) is 0 Å². The summed E-state index contributed by atoms with van der Waals surface area (Å²) in [6.45, 7) is 16.1. The van der Waals surface area contributed by atoms with Crippen LogP contribution in [0.15, 0.2) is 60.8 Å². The number of hydrogen-bond acceptors (Lipinski definition) is 1. The van der Waals surface area contributed by atoms with E-state index in [1.54, 1.807) is 0 Å². The molecular weight excluding hydrogens is 434 g/mol. The lowest BCUT2D eigenvalue weighted by molar-refractivity contribution is 0.411. The van der Waals surface area contributed by atoms with Crippen molar-refractivity contribution in [1.29, 1.82) is 0 Å². The maximum Gasteiger partial charge on any atom is 0.0840 e. The zero-order chi connectivity index (χ0) is 26.3. The van der Waals surface area contributed by atoms with E-state index in [1.165, 1.54) is 65.7 Å². The van der Waals surface area contributed by atoms with Crippen molar-refractivity contribution in [3.8, 4) is 11.3 Å². The summed E-state index contributed by atoms with van der Waals surface area (Å²) in [5.41, 5.74) is 9.42. The molecule has 1 nitrogen and oxygen atoms in total. The fourth-order valence-electron chi connectivity index (χ4n) is 6.26. The monoisotopic (exact) mass is 472 g/mol. The molecule has 4 aromatic carbocycles. The fraction of sp³-hybridized carbons (Fsp3) is 0.343. The Hall–Kier alpha value is -3.19. The molecule has 0 saturated carbocycles. The van der Waals surface area contributed by atoms with Crippen LogP contribution >= 0.6 is 0 Å². The summed E-state index contributed by atoms with van der Waals surface area (Å²) in [5.74, 6) is 0. The van der Waals surface area contributed by atoms with Crippen molar-refractivity contribution in [3.05, 3.63) is 88.6 Å². The lowest BCUT2D eigenvalue weighted by Gasteiger charge is -2.28. The summed E-state index contributed by atoms with van der Waals surface area (Å²) in [6, 6.07) is 20.3. The van der Waals surface area contributed by atoms with E-state index in [9.17, 15) is 0 Å². The first-order valence-corrected chi connectivity index (χ1v) is 13.3. The van der Waals surface area contributed by atoms with Crippen LogP contribution in [0, 0.1) is 17.8 Å². The summed E-state index contributed by atoms with van der Waals surface area (Å²) in [7, 11) is 0. The van der Waals surface area contributed by atoms with E-state index in [1.807, 2.05) is 6.07 Å². The van der Waals surface area contributed by atoms with E-state index in [0.717, 1.165) is 25.0 Å². The molecule has 0 unspecified atom stereocenters. The lowest BCUT2D eigenvalue weighted by atomic mass is 9.76. The number of fused-ring (bicyclic) bond motifs is 5.